The minimum Gasteiger partial charge on any atom is -0.497 e. The Morgan fingerprint density at radius 2 is 1.19 bits per heavy atom. The molecule has 0 amide bonds. The van der Waals surface area contributed by atoms with Crippen LogP contribution in [0.3, 0.4) is 0 Å². The third-order valence-corrected chi connectivity index (χ3v) is 4.55. The summed E-state index contributed by atoms with van der Waals surface area (Å²) in [7, 11) is 8.47. The topological polar surface area (TPSA) is 30.9 Å². The highest BCUT2D eigenvalue weighted by Gasteiger charge is 2.23. The maximum absolute atomic E-state index is 5.72. The maximum atomic E-state index is 5.72. The Kier molecular flexibility index (Phi) is 5.48. The first kappa shape index (κ1) is 17.9. The Bertz CT molecular complexity index is 830. The Hall–Kier alpha value is -2.92. The highest BCUT2D eigenvalue weighted by atomic mass is 28.1. The van der Waals surface area contributed by atoms with E-state index in [1.807, 2.05) is 66.7 Å². The van der Waals surface area contributed by atoms with Gasteiger partial charge in [-0.25, -0.2) is 0 Å². The van der Waals surface area contributed by atoms with E-state index in [-0.39, 0.29) is 0 Å². The Labute approximate surface area is 157 Å². The van der Waals surface area contributed by atoms with Crippen LogP contribution in [0.5, 0.6) is 17.2 Å². The minimum atomic E-state index is 0.579. The molecule has 3 rings (SSSR count). The van der Waals surface area contributed by atoms with E-state index in [1.54, 1.807) is 21.3 Å². The van der Waals surface area contributed by atoms with Gasteiger partial charge in [0, 0.05) is 22.6 Å². The average molecular weight is 362 g/mol. The molecule has 0 aliphatic rings. The van der Waals surface area contributed by atoms with E-state index >= 15 is 0 Å². The van der Waals surface area contributed by atoms with Crippen LogP contribution in [0.4, 0.5) is 17.1 Å². The molecule has 131 valence electrons. The first-order valence-corrected chi connectivity index (χ1v) is 8.66. The van der Waals surface area contributed by atoms with Gasteiger partial charge >= 0.3 is 0 Å². The fraction of sp³-hybridized carbons (Fsp3) is 0.143. The van der Waals surface area contributed by atoms with Crippen molar-refractivity contribution in [2.45, 2.75) is 0 Å². The first-order valence-electron chi connectivity index (χ1n) is 8.16. The van der Waals surface area contributed by atoms with Crippen molar-refractivity contribution < 1.29 is 14.2 Å². The molecule has 0 fully saturated rings. The lowest BCUT2D eigenvalue weighted by Crippen LogP contribution is -2.17. The van der Waals surface area contributed by atoms with Gasteiger partial charge in [-0.2, -0.15) is 0 Å². The molecule has 0 aliphatic carbocycles. The molecular formula is C21H20NO3Si. The Balaban J connectivity index is 2.31. The number of para-hydroxylation sites is 2. The van der Waals surface area contributed by atoms with E-state index in [0.717, 1.165) is 17.1 Å². The summed E-state index contributed by atoms with van der Waals surface area (Å²) in [5.41, 5.74) is 2.83. The number of nitrogens with zero attached hydrogens (tertiary/aromatic N) is 1. The third-order valence-electron chi connectivity index (χ3n) is 4.08. The summed E-state index contributed by atoms with van der Waals surface area (Å²) < 4.78 is 16.8. The number of hydrogen-bond acceptors (Lipinski definition) is 4. The van der Waals surface area contributed by atoms with Crippen molar-refractivity contribution in [2.75, 3.05) is 26.2 Å². The van der Waals surface area contributed by atoms with Gasteiger partial charge in [0.1, 0.15) is 5.75 Å². The summed E-state index contributed by atoms with van der Waals surface area (Å²) >= 11 is 0. The Morgan fingerprint density at radius 1 is 0.692 bits per heavy atom. The van der Waals surface area contributed by atoms with Crippen LogP contribution in [0.1, 0.15) is 0 Å². The largest absolute Gasteiger partial charge is 0.497 e. The molecule has 0 spiro atoms. The van der Waals surface area contributed by atoms with Crippen molar-refractivity contribution in [1.29, 1.82) is 0 Å². The van der Waals surface area contributed by atoms with Crippen LogP contribution >= 0.6 is 0 Å². The average Bonchev–Trinajstić information content (AvgIpc) is 2.70. The predicted molar refractivity (Wildman–Crippen MR) is 106 cm³/mol. The second-order valence-electron chi connectivity index (χ2n) is 5.55. The lowest BCUT2D eigenvalue weighted by Gasteiger charge is -2.29. The minimum absolute atomic E-state index is 0.579. The molecule has 0 atom stereocenters. The lowest BCUT2D eigenvalue weighted by molar-refractivity contribution is 0.354. The molecule has 5 heteroatoms. The van der Waals surface area contributed by atoms with Crippen molar-refractivity contribution in [1.82, 2.24) is 0 Å². The zero-order valence-corrected chi connectivity index (χ0v) is 16.0. The van der Waals surface area contributed by atoms with Gasteiger partial charge in [0.25, 0.3) is 0 Å². The van der Waals surface area contributed by atoms with E-state index in [1.165, 1.54) is 0 Å². The molecule has 0 N–H and O–H groups in total. The molecule has 0 saturated heterocycles. The van der Waals surface area contributed by atoms with Gasteiger partial charge in [0.15, 0.2) is 11.5 Å². The highest BCUT2D eigenvalue weighted by molar-refractivity contribution is 6.37. The SMILES string of the molecule is COc1cc(N(c2ccccc2)c2ccccc2)c(OC)c(OC)c1[Si]. The number of benzene rings is 3. The molecule has 0 aliphatic heterocycles. The molecule has 0 bridgehead atoms. The smallest absolute Gasteiger partial charge is 0.185 e. The van der Waals surface area contributed by atoms with Gasteiger partial charge in [0.05, 0.1) is 37.3 Å². The van der Waals surface area contributed by atoms with Crippen molar-refractivity contribution >= 4 is 32.5 Å². The quantitative estimate of drug-likeness (QED) is 0.621. The summed E-state index contributed by atoms with van der Waals surface area (Å²) in [5.74, 6) is 1.85. The van der Waals surface area contributed by atoms with Crippen molar-refractivity contribution in [3.63, 3.8) is 0 Å². The summed E-state index contributed by atoms with van der Waals surface area (Å²) in [5, 5.41) is 0.705. The third kappa shape index (κ3) is 3.26. The van der Waals surface area contributed by atoms with Crippen LogP contribution in [0.15, 0.2) is 66.7 Å². The van der Waals surface area contributed by atoms with E-state index in [4.69, 9.17) is 14.2 Å². The van der Waals surface area contributed by atoms with Crippen molar-refractivity contribution in [3.8, 4) is 17.2 Å². The van der Waals surface area contributed by atoms with Gasteiger partial charge in [0.2, 0.25) is 0 Å². The van der Waals surface area contributed by atoms with E-state index in [0.29, 0.717) is 22.4 Å². The molecular weight excluding hydrogens is 342 g/mol. The van der Waals surface area contributed by atoms with Gasteiger partial charge < -0.3 is 19.1 Å². The van der Waals surface area contributed by atoms with Crippen LogP contribution in [0.2, 0.25) is 0 Å². The number of ether oxygens (including phenoxy) is 3. The highest BCUT2D eigenvalue weighted by Crippen LogP contribution is 2.45. The van der Waals surface area contributed by atoms with Crippen molar-refractivity contribution in [2.24, 2.45) is 0 Å². The van der Waals surface area contributed by atoms with Gasteiger partial charge in [-0.15, -0.1) is 0 Å². The summed E-state index contributed by atoms with van der Waals surface area (Å²) in [6.07, 6.45) is 0. The second-order valence-corrected chi connectivity index (χ2v) is 6.05. The standard InChI is InChI=1S/C21H20NO3Si/c1-23-18-14-17(19(24-2)20(25-3)21(18)26)22(15-10-6-4-7-11-15)16-12-8-5-9-13-16/h4-14H,1-3H3. The molecule has 3 radical (unpaired) electrons. The number of rotatable bonds is 6. The number of methoxy groups -OCH3 is 3. The number of hydrogen-bond donors (Lipinski definition) is 0. The molecule has 4 nitrogen and oxygen atoms in total. The number of anilines is 3. The Morgan fingerprint density at radius 3 is 1.62 bits per heavy atom. The molecule has 0 aromatic heterocycles. The summed E-state index contributed by atoms with van der Waals surface area (Å²) in [4.78, 5) is 2.11. The predicted octanol–water partition coefficient (Wildman–Crippen LogP) is 3.98. The summed E-state index contributed by atoms with van der Waals surface area (Å²) in [6, 6.07) is 22.1. The van der Waals surface area contributed by atoms with Crippen LogP contribution in [0.25, 0.3) is 0 Å². The second kappa shape index (κ2) is 7.97. The normalized spacial score (nSPS) is 10.3. The van der Waals surface area contributed by atoms with Crippen molar-refractivity contribution in [3.05, 3.63) is 66.7 Å². The van der Waals surface area contributed by atoms with Gasteiger partial charge in [-0.05, 0) is 24.3 Å². The van der Waals surface area contributed by atoms with Crippen LogP contribution < -0.4 is 24.3 Å². The van der Waals surface area contributed by atoms with E-state index in [2.05, 4.69) is 15.1 Å². The molecule has 3 aromatic carbocycles. The fourth-order valence-electron chi connectivity index (χ4n) is 2.90. The summed E-state index contributed by atoms with van der Waals surface area (Å²) in [6.45, 7) is 0. The van der Waals surface area contributed by atoms with Crippen LogP contribution in [-0.4, -0.2) is 31.6 Å². The molecule has 0 saturated carbocycles. The molecule has 3 aromatic rings. The zero-order valence-electron chi connectivity index (χ0n) is 15.0. The lowest BCUT2D eigenvalue weighted by atomic mass is 10.1. The van der Waals surface area contributed by atoms with Crippen LogP contribution in [-0.2, 0) is 0 Å². The maximum Gasteiger partial charge on any atom is 0.185 e. The molecule has 0 heterocycles. The van der Waals surface area contributed by atoms with Gasteiger partial charge in [-0.1, -0.05) is 36.4 Å². The first-order chi connectivity index (χ1) is 12.7. The van der Waals surface area contributed by atoms with E-state index in [9.17, 15) is 0 Å². The van der Waals surface area contributed by atoms with E-state index < -0.39 is 0 Å². The van der Waals surface area contributed by atoms with Crippen LogP contribution in [0, 0.1) is 0 Å². The molecule has 26 heavy (non-hydrogen) atoms. The fourth-order valence-corrected chi connectivity index (χ4v) is 3.29. The monoisotopic (exact) mass is 362 g/mol. The molecule has 0 unspecified atom stereocenters. The van der Waals surface area contributed by atoms with Gasteiger partial charge in [-0.3, -0.25) is 0 Å². The zero-order chi connectivity index (χ0) is 18.5.